The molecule has 3 N–H and O–H groups in total. The summed E-state index contributed by atoms with van der Waals surface area (Å²) in [7, 11) is 0. The van der Waals surface area contributed by atoms with Crippen LogP contribution in [-0.2, 0) is 15.1 Å². The number of amides is 4. The number of ether oxygens (including phenoxy) is 1. The van der Waals surface area contributed by atoms with Gasteiger partial charge < -0.3 is 15.4 Å². The molecule has 7 heteroatoms. The quantitative estimate of drug-likeness (QED) is 0.357. The molecule has 0 saturated carbocycles. The molecule has 3 rings (SSSR count). The summed E-state index contributed by atoms with van der Waals surface area (Å²) < 4.78 is 5.91. The van der Waals surface area contributed by atoms with Gasteiger partial charge >= 0.3 is 6.03 Å². The van der Waals surface area contributed by atoms with Gasteiger partial charge in [0.2, 0.25) is 6.41 Å². The summed E-state index contributed by atoms with van der Waals surface area (Å²) >= 11 is 0. The summed E-state index contributed by atoms with van der Waals surface area (Å²) in [5.41, 5.74) is -0.112. The molecule has 4 amide bonds. The van der Waals surface area contributed by atoms with E-state index in [2.05, 4.69) is 16.0 Å². The minimum atomic E-state index is -1.34. The van der Waals surface area contributed by atoms with Crippen molar-refractivity contribution >= 4 is 18.3 Å². The van der Waals surface area contributed by atoms with Gasteiger partial charge in [-0.15, -0.1) is 0 Å². The number of rotatable bonds is 9. The molecule has 1 aliphatic rings. The second kappa shape index (κ2) is 8.35. The van der Waals surface area contributed by atoms with E-state index in [-0.39, 0.29) is 0 Å². The van der Waals surface area contributed by atoms with Gasteiger partial charge in [-0.05, 0) is 24.5 Å². The van der Waals surface area contributed by atoms with Crippen molar-refractivity contribution < 1.29 is 19.1 Å². The van der Waals surface area contributed by atoms with Crippen LogP contribution in [0, 0.1) is 0 Å². The SMILES string of the molecule is O=CNCCCCOc1ccccc1C1(c2ccccc2)NC(=O)NC1=O. The van der Waals surface area contributed by atoms with Crippen molar-refractivity contribution in [3.63, 3.8) is 0 Å². The Morgan fingerprint density at radius 3 is 2.44 bits per heavy atom. The van der Waals surface area contributed by atoms with E-state index in [0.29, 0.717) is 36.4 Å². The van der Waals surface area contributed by atoms with Gasteiger partial charge in [0.05, 0.1) is 6.61 Å². The predicted octanol–water partition coefficient (Wildman–Crippen LogP) is 1.67. The normalized spacial score (nSPS) is 18.5. The van der Waals surface area contributed by atoms with Gasteiger partial charge in [-0.1, -0.05) is 48.5 Å². The summed E-state index contributed by atoms with van der Waals surface area (Å²) in [6.45, 7) is 1.01. The molecule has 27 heavy (non-hydrogen) atoms. The number of hydrogen-bond donors (Lipinski definition) is 3. The van der Waals surface area contributed by atoms with E-state index < -0.39 is 17.5 Å². The fraction of sp³-hybridized carbons (Fsp3) is 0.250. The zero-order chi connectivity index (χ0) is 19.1. The fourth-order valence-electron chi connectivity index (χ4n) is 3.16. The molecule has 1 fully saturated rings. The number of urea groups is 1. The second-order valence-electron chi connectivity index (χ2n) is 6.15. The van der Waals surface area contributed by atoms with Gasteiger partial charge in [0.15, 0.2) is 5.54 Å². The average Bonchev–Trinajstić information content (AvgIpc) is 3.00. The Hall–Kier alpha value is -3.35. The topological polar surface area (TPSA) is 96.5 Å². The molecule has 1 atom stereocenters. The van der Waals surface area contributed by atoms with Crippen molar-refractivity contribution in [1.29, 1.82) is 0 Å². The lowest BCUT2D eigenvalue weighted by molar-refractivity contribution is -0.123. The van der Waals surface area contributed by atoms with Crippen LogP contribution in [0.15, 0.2) is 54.6 Å². The summed E-state index contributed by atoms with van der Waals surface area (Å²) in [6.07, 6.45) is 2.19. The number of carbonyl (C=O) groups excluding carboxylic acids is 3. The number of nitrogens with one attached hydrogen (secondary N) is 3. The van der Waals surface area contributed by atoms with Gasteiger partial charge in [-0.2, -0.15) is 0 Å². The number of para-hydroxylation sites is 1. The Morgan fingerprint density at radius 1 is 1.00 bits per heavy atom. The molecule has 140 valence electrons. The lowest BCUT2D eigenvalue weighted by Gasteiger charge is -2.29. The highest BCUT2D eigenvalue weighted by Gasteiger charge is 2.50. The molecule has 1 unspecified atom stereocenters. The van der Waals surface area contributed by atoms with E-state index in [0.717, 1.165) is 12.8 Å². The molecule has 2 aromatic rings. The zero-order valence-electron chi connectivity index (χ0n) is 14.7. The fourth-order valence-corrected chi connectivity index (χ4v) is 3.16. The molecule has 1 aliphatic heterocycles. The standard InChI is InChI=1S/C20H21N3O4/c24-14-21-12-6-7-13-27-17-11-5-4-10-16(17)20(15-8-2-1-3-9-15)18(25)22-19(26)23-20/h1-5,8-11,14H,6-7,12-13H2,(H,21,24)(H2,22,23,25,26). The minimum Gasteiger partial charge on any atom is -0.493 e. The maximum absolute atomic E-state index is 12.8. The van der Waals surface area contributed by atoms with E-state index in [1.165, 1.54) is 0 Å². The van der Waals surface area contributed by atoms with E-state index in [1.807, 2.05) is 24.3 Å². The van der Waals surface area contributed by atoms with Crippen LogP contribution in [0.5, 0.6) is 5.75 Å². The number of benzene rings is 2. The lowest BCUT2D eigenvalue weighted by Crippen LogP contribution is -2.45. The van der Waals surface area contributed by atoms with E-state index in [9.17, 15) is 14.4 Å². The number of hydrogen-bond acceptors (Lipinski definition) is 4. The van der Waals surface area contributed by atoms with Crippen molar-refractivity contribution in [1.82, 2.24) is 16.0 Å². The predicted molar refractivity (Wildman–Crippen MR) is 99.1 cm³/mol. The van der Waals surface area contributed by atoms with Crippen molar-refractivity contribution in [2.45, 2.75) is 18.4 Å². The van der Waals surface area contributed by atoms with Crippen LogP contribution < -0.4 is 20.7 Å². The Labute approximate surface area is 157 Å². The first kappa shape index (κ1) is 18.4. The maximum Gasteiger partial charge on any atom is 0.322 e. The smallest absolute Gasteiger partial charge is 0.322 e. The Morgan fingerprint density at radius 2 is 1.74 bits per heavy atom. The molecule has 0 radical (unpaired) electrons. The third kappa shape index (κ3) is 3.76. The van der Waals surface area contributed by atoms with Crippen molar-refractivity contribution in [2.24, 2.45) is 0 Å². The minimum absolute atomic E-state index is 0.429. The van der Waals surface area contributed by atoms with Crippen molar-refractivity contribution in [3.05, 3.63) is 65.7 Å². The average molecular weight is 367 g/mol. The summed E-state index contributed by atoms with van der Waals surface area (Å²) in [5.74, 6) is 0.0898. The molecular weight excluding hydrogens is 346 g/mol. The Balaban J connectivity index is 1.89. The lowest BCUT2D eigenvalue weighted by atomic mass is 9.82. The second-order valence-corrected chi connectivity index (χ2v) is 6.15. The molecule has 1 saturated heterocycles. The summed E-state index contributed by atoms with van der Waals surface area (Å²) in [5, 5.41) is 7.72. The first-order chi connectivity index (χ1) is 13.2. The first-order valence-electron chi connectivity index (χ1n) is 8.77. The molecular formula is C20H21N3O4. The number of unbranched alkanes of at least 4 members (excludes halogenated alkanes) is 1. The highest BCUT2D eigenvalue weighted by molar-refractivity contribution is 6.09. The van der Waals surface area contributed by atoms with Crippen LogP contribution in [0.3, 0.4) is 0 Å². The van der Waals surface area contributed by atoms with E-state index >= 15 is 0 Å². The maximum atomic E-state index is 12.8. The van der Waals surface area contributed by atoms with Crippen LogP contribution in [0.2, 0.25) is 0 Å². The van der Waals surface area contributed by atoms with Crippen LogP contribution in [0.4, 0.5) is 4.79 Å². The van der Waals surface area contributed by atoms with Crippen molar-refractivity contribution in [3.8, 4) is 5.75 Å². The Bertz CT molecular complexity index is 825. The zero-order valence-corrected chi connectivity index (χ0v) is 14.7. The molecule has 7 nitrogen and oxygen atoms in total. The van der Waals surface area contributed by atoms with Crippen molar-refractivity contribution in [2.75, 3.05) is 13.2 Å². The first-order valence-corrected chi connectivity index (χ1v) is 8.77. The monoisotopic (exact) mass is 367 g/mol. The third-order valence-corrected chi connectivity index (χ3v) is 4.42. The summed E-state index contributed by atoms with van der Waals surface area (Å²) in [6, 6.07) is 15.7. The van der Waals surface area contributed by atoms with Gasteiger partial charge in [0.25, 0.3) is 5.91 Å². The molecule has 0 aromatic heterocycles. The number of carbonyl (C=O) groups is 3. The van der Waals surface area contributed by atoms with Crippen LogP contribution in [-0.4, -0.2) is 31.5 Å². The Kier molecular flexibility index (Phi) is 5.71. The van der Waals surface area contributed by atoms with E-state index in [1.54, 1.807) is 30.3 Å². The molecule has 0 bridgehead atoms. The van der Waals surface area contributed by atoms with Gasteiger partial charge in [-0.3, -0.25) is 14.9 Å². The van der Waals surface area contributed by atoms with E-state index in [4.69, 9.17) is 4.74 Å². The molecule has 0 aliphatic carbocycles. The van der Waals surface area contributed by atoms with Crippen LogP contribution in [0.25, 0.3) is 0 Å². The number of imide groups is 1. The van der Waals surface area contributed by atoms with Crippen LogP contribution in [0.1, 0.15) is 24.0 Å². The van der Waals surface area contributed by atoms with Crippen LogP contribution >= 0.6 is 0 Å². The molecule has 1 heterocycles. The molecule has 2 aromatic carbocycles. The molecule has 0 spiro atoms. The van der Waals surface area contributed by atoms with Gasteiger partial charge in [0.1, 0.15) is 5.75 Å². The third-order valence-electron chi connectivity index (χ3n) is 4.42. The summed E-state index contributed by atoms with van der Waals surface area (Å²) in [4.78, 5) is 35.0. The highest BCUT2D eigenvalue weighted by atomic mass is 16.5. The largest absolute Gasteiger partial charge is 0.493 e. The van der Waals surface area contributed by atoms with Gasteiger partial charge in [0, 0.05) is 12.1 Å². The highest BCUT2D eigenvalue weighted by Crippen LogP contribution is 2.38. The van der Waals surface area contributed by atoms with Gasteiger partial charge in [-0.25, -0.2) is 4.79 Å².